The van der Waals surface area contributed by atoms with Crippen LogP contribution in [0.1, 0.15) is 15.9 Å². The van der Waals surface area contributed by atoms with Gasteiger partial charge in [-0.3, -0.25) is 4.79 Å². The maximum Gasteiger partial charge on any atom is 0.251 e. The second kappa shape index (κ2) is 7.79. The number of nitrogens with one attached hydrogen (secondary N) is 1. The van der Waals surface area contributed by atoms with E-state index < -0.39 is 0 Å². The fraction of sp³-hybridized carbons (Fsp3) is 0.316. The summed E-state index contributed by atoms with van der Waals surface area (Å²) in [7, 11) is 3.24. The number of methoxy groups -OCH3 is 2. The Morgan fingerprint density at radius 1 is 1.04 bits per heavy atom. The molecule has 1 heterocycles. The lowest BCUT2D eigenvalue weighted by Crippen LogP contribution is -2.26. The first-order valence-corrected chi connectivity index (χ1v) is 8.10. The number of carbonyl (C=O) groups excluding carboxylic acids is 1. The van der Waals surface area contributed by atoms with Gasteiger partial charge in [0.1, 0.15) is 24.7 Å². The van der Waals surface area contributed by atoms with Crippen LogP contribution in [0.15, 0.2) is 36.4 Å². The molecule has 3 rings (SSSR count). The summed E-state index contributed by atoms with van der Waals surface area (Å²) in [5.41, 5.74) is 1.52. The van der Waals surface area contributed by atoms with Gasteiger partial charge >= 0.3 is 0 Å². The van der Waals surface area contributed by atoms with Gasteiger partial charge in [0.15, 0.2) is 11.5 Å². The van der Waals surface area contributed by atoms with E-state index in [2.05, 4.69) is 5.32 Å². The highest BCUT2D eigenvalue weighted by atomic mass is 16.6. The van der Waals surface area contributed by atoms with Gasteiger partial charge in [-0.1, -0.05) is 0 Å². The maximum atomic E-state index is 12.3. The van der Waals surface area contributed by atoms with Crippen LogP contribution in [-0.4, -0.2) is 39.9 Å². The standard InChI is InChI=1S/C19H21NO5/c1-22-15-4-6-16(23-2)13(11-15)7-8-20-19(21)14-3-5-17-18(12-14)25-10-9-24-17/h3-6,11-12H,7-10H2,1-2H3,(H,20,21). The smallest absolute Gasteiger partial charge is 0.251 e. The predicted octanol–water partition coefficient (Wildman–Crippen LogP) is 2.45. The average Bonchev–Trinajstić information content (AvgIpc) is 2.67. The molecular formula is C19H21NO5. The van der Waals surface area contributed by atoms with Gasteiger partial charge in [-0.25, -0.2) is 0 Å². The molecule has 0 atom stereocenters. The summed E-state index contributed by atoms with van der Waals surface area (Å²) >= 11 is 0. The minimum atomic E-state index is -0.154. The van der Waals surface area contributed by atoms with E-state index in [0.717, 1.165) is 17.1 Å². The molecule has 0 saturated heterocycles. The zero-order valence-electron chi connectivity index (χ0n) is 14.3. The second-order valence-corrected chi connectivity index (χ2v) is 5.54. The molecule has 1 aliphatic rings. The normalized spacial score (nSPS) is 12.4. The molecule has 2 aromatic carbocycles. The molecule has 1 amide bonds. The fourth-order valence-electron chi connectivity index (χ4n) is 2.67. The van der Waals surface area contributed by atoms with Gasteiger partial charge < -0.3 is 24.3 Å². The second-order valence-electron chi connectivity index (χ2n) is 5.54. The van der Waals surface area contributed by atoms with Crippen LogP contribution in [0, 0.1) is 0 Å². The van der Waals surface area contributed by atoms with E-state index in [1.54, 1.807) is 32.4 Å². The number of fused-ring (bicyclic) bond motifs is 1. The molecule has 1 aliphatic heterocycles. The molecule has 0 unspecified atom stereocenters. The molecule has 6 nitrogen and oxygen atoms in total. The van der Waals surface area contributed by atoms with Crippen molar-refractivity contribution in [3.63, 3.8) is 0 Å². The third-order valence-corrected chi connectivity index (χ3v) is 3.97. The van der Waals surface area contributed by atoms with Crippen molar-refractivity contribution in [3.05, 3.63) is 47.5 Å². The minimum Gasteiger partial charge on any atom is -0.497 e. The lowest BCUT2D eigenvalue weighted by Gasteiger charge is -2.18. The summed E-state index contributed by atoms with van der Waals surface area (Å²) in [5.74, 6) is 2.65. The highest BCUT2D eigenvalue weighted by molar-refractivity contribution is 5.94. The number of carbonyl (C=O) groups is 1. The zero-order chi connectivity index (χ0) is 17.6. The quantitative estimate of drug-likeness (QED) is 0.873. The van der Waals surface area contributed by atoms with Crippen LogP contribution in [-0.2, 0) is 6.42 Å². The Morgan fingerprint density at radius 3 is 2.60 bits per heavy atom. The Hall–Kier alpha value is -2.89. The van der Waals surface area contributed by atoms with Crippen LogP contribution in [0.4, 0.5) is 0 Å². The van der Waals surface area contributed by atoms with E-state index in [4.69, 9.17) is 18.9 Å². The van der Waals surface area contributed by atoms with Crippen LogP contribution in [0.3, 0.4) is 0 Å². The van der Waals surface area contributed by atoms with Gasteiger partial charge in [0.05, 0.1) is 14.2 Å². The molecule has 0 bridgehead atoms. The van der Waals surface area contributed by atoms with Crippen molar-refractivity contribution in [1.29, 1.82) is 0 Å². The molecular weight excluding hydrogens is 322 g/mol. The van der Waals surface area contributed by atoms with E-state index >= 15 is 0 Å². The van der Waals surface area contributed by atoms with E-state index in [1.165, 1.54) is 0 Å². The van der Waals surface area contributed by atoms with Gasteiger partial charge in [0, 0.05) is 12.1 Å². The molecule has 0 spiro atoms. The van der Waals surface area contributed by atoms with Crippen molar-refractivity contribution < 1.29 is 23.7 Å². The van der Waals surface area contributed by atoms with E-state index in [-0.39, 0.29) is 5.91 Å². The summed E-state index contributed by atoms with van der Waals surface area (Å²) in [5, 5.41) is 2.91. The van der Waals surface area contributed by atoms with E-state index in [9.17, 15) is 4.79 Å². The average molecular weight is 343 g/mol. The molecule has 1 N–H and O–H groups in total. The van der Waals surface area contributed by atoms with Crippen molar-refractivity contribution in [2.24, 2.45) is 0 Å². The van der Waals surface area contributed by atoms with Crippen LogP contribution >= 0.6 is 0 Å². The van der Waals surface area contributed by atoms with E-state index in [1.807, 2.05) is 18.2 Å². The lowest BCUT2D eigenvalue weighted by atomic mass is 10.1. The van der Waals surface area contributed by atoms with Crippen LogP contribution < -0.4 is 24.3 Å². The molecule has 0 saturated carbocycles. The molecule has 6 heteroatoms. The maximum absolute atomic E-state index is 12.3. The number of benzene rings is 2. The van der Waals surface area contributed by atoms with Gasteiger partial charge in [0.2, 0.25) is 0 Å². The first-order valence-electron chi connectivity index (χ1n) is 8.10. The van der Waals surface area contributed by atoms with Gasteiger partial charge in [-0.05, 0) is 48.4 Å². The van der Waals surface area contributed by atoms with Crippen LogP contribution in [0.2, 0.25) is 0 Å². The summed E-state index contributed by atoms with van der Waals surface area (Å²) in [4.78, 5) is 12.3. The fourth-order valence-corrected chi connectivity index (χ4v) is 2.67. The Balaban J connectivity index is 1.61. The van der Waals surface area contributed by atoms with Gasteiger partial charge in [-0.15, -0.1) is 0 Å². The summed E-state index contributed by atoms with van der Waals surface area (Å²) in [6.45, 7) is 1.51. The molecule has 0 aliphatic carbocycles. The van der Waals surface area contributed by atoms with Gasteiger partial charge in [-0.2, -0.15) is 0 Å². The first-order chi connectivity index (χ1) is 12.2. The Kier molecular flexibility index (Phi) is 5.28. The highest BCUT2D eigenvalue weighted by Gasteiger charge is 2.15. The Bertz CT molecular complexity index is 759. The molecule has 0 radical (unpaired) electrons. The molecule has 25 heavy (non-hydrogen) atoms. The highest BCUT2D eigenvalue weighted by Crippen LogP contribution is 2.30. The number of amides is 1. The molecule has 0 aromatic heterocycles. The van der Waals surface area contributed by atoms with Crippen molar-refractivity contribution in [2.45, 2.75) is 6.42 Å². The molecule has 132 valence electrons. The number of hydrogen-bond donors (Lipinski definition) is 1. The van der Waals surface area contributed by atoms with E-state index in [0.29, 0.717) is 43.2 Å². The summed E-state index contributed by atoms with van der Waals surface area (Å²) < 4.78 is 21.6. The predicted molar refractivity (Wildman–Crippen MR) is 93.0 cm³/mol. The Labute approximate surface area is 146 Å². The van der Waals surface area contributed by atoms with Crippen molar-refractivity contribution in [3.8, 4) is 23.0 Å². The largest absolute Gasteiger partial charge is 0.497 e. The number of hydrogen-bond acceptors (Lipinski definition) is 5. The van der Waals surface area contributed by atoms with Crippen molar-refractivity contribution in [2.75, 3.05) is 34.0 Å². The zero-order valence-corrected chi connectivity index (χ0v) is 14.3. The third-order valence-electron chi connectivity index (χ3n) is 3.97. The third kappa shape index (κ3) is 3.96. The summed E-state index contributed by atoms with van der Waals surface area (Å²) in [6.07, 6.45) is 0.636. The van der Waals surface area contributed by atoms with Crippen LogP contribution in [0.5, 0.6) is 23.0 Å². The van der Waals surface area contributed by atoms with Crippen LogP contribution in [0.25, 0.3) is 0 Å². The van der Waals surface area contributed by atoms with Gasteiger partial charge in [0.25, 0.3) is 5.91 Å². The van der Waals surface area contributed by atoms with Crippen molar-refractivity contribution in [1.82, 2.24) is 5.32 Å². The van der Waals surface area contributed by atoms with Crippen molar-refractivity contribution >= 4 is 5.91 Å². The minimum absolute atomic E-state index is 0.154. The molecule has 2 aromatic rings. The summed E-state index contributed by atoms with van der Waals surface area (Å²) in [6, 6.07) is 10.8. The lowest BCUT2D eigenvalue weighted by molar-refractivity contribution is 0.0953. The first kappa shape index (κ1) is 17.0. The Morgan fingerprint density at radius 2 is 1.84 bits per heavy atom. The number of ether oxygens (including phenoxy) is 4. The monoisotopic (exact) mass is 343 g/mol. The topological polar surface area (TPSA) is 66.0 Å². The molecule has 0 fully saturated rings. The number of rotatable bonds is 6. The SMILES string of the molecule is COc1ccc(OC)c(CCNC(=O)c2ccc3c(c2)OCCO3)c1.